The van der Waals surface area contributed by atoms with E-state index in [-0.39, 0.29) is 18.6 Å². The lowest BCUT2D eigenvalue weighted by atomic mass is 10.2. The van der Waals surface area contributed by atoms with Crippen LogP contribution in [0.1, 0.15) is 18.4 Å². The van der Waals surface area contributed by atoms with Gasteiger partial charge in [-0.15, -0.1) is 0 Å². The predicted molar refractivity (Wildman–Crippen MR) is 104 cm³/mol. The van der Waals surface area contributed by atoms with Gasteiger partial charge in [0.1, 0.15) is 12.4 Å². The Morgan fingerprint density at radius 1 is 1.27 bits per heavy atom. The minimum absolute atomic E-state index is 0.130. The Morgan fingerprint density at radius 2 is 2.08 bits per heavy atom. The first-order valence-electron chi connectivity index (χ1n) is 8.74. The number of rotatable bonds is 7. The predicted octanol–water partition coefficient (Wildman–Crippen LogP) is 4.26. The summed E-state index contributed by atoms with van der Waals surface area (Å²) < 4.78 is 11.3. The highest BCUT2D eigenvalue weighted by molar-refractivity contribution is 6.31. The fraction of sp³-hybridized carbons (Fsp3) is 0.350. The zero-order valence-corrected chi connectivity index (χ0v) is 15.5. The molecular formula is C20H23ClN2O3. The van der Waals surface area contributed by atoms with E-state index in [0.717, 1.165) is 42.1 Å². The van der Waals surface area contributed by atoms with Gasteiger partial charge in [-0.05, 0) is 61.7 Å². The summed E-state index contributed by atoms with van der Waals surface area (Å²) in [7, 11) is 0. The second kappa shape index (κ2) is 8.92. The third-order valence-electron chi connectivity index (χ3n) is 4.24. The summed E-state index contributed by atoms with van der Waals surface area (Å²) in [5, 5.41) is 6.55. The van der Waals surface area contributed by atoms with E-state index in [1.54, 1.807) is 12.1 Å². The first-order valence-corrected chi connectivity index (χ1v) is 9.12. The molecule has 1 fully saturated rings. The van der Waals surface area contributed by atoms with Crippen molar-refractivity contribution in [2.45, 2.75) is 25.9 Å². The van der Waals surface area contributed by atoms with Gasteiger partial charge in [0.25, 0.3) is 0 Å². The maximum atomic E-state index is 12.1. The molecule has 1 aliphatic rings. The molecule has 2 aromatic rings. The van der Waals surface area contributed by atoms with E-state index in [1.807, 2.05) is 37.3 Å². The quantitative estimate of drug-likeness (QED) is 0.760. The minimum Gasteiger partial charge on any atom is -0.491 e. The lowest BCUT2D eigenvalue weighted by Gasteiger charge is -2.12. The highest BCUT2D eigenvalue weighted by Crippen LogP contribution is 2.21. The van der Waals surface area contributed by atoms with Gasteiger partial charge in [0.2, 0.25) is 5.91 Å². The van der Waals surface area contributed by atoms with Gasteiger partial charge in [-0.2, -0.15) is 0 Å². The molecule has 6 heteroatoms. The van der Waals surface area contributed by atoms with E-state index in [0.29, 0.717) is 11.6 Å². The molecule has 138 valence electrons. The zero-order chi connectivity index (χ0) is 18.4. The molecular weight excluding hydrogens is 352 g/mol. The molecule has 0 radical (unpaired) electrons. The number of ether oxygens (including phenoxy) is 2. The van der Waals surface area contributed by atoms with Gasteiger partial charge in [0, 0.05) is 23.0 Å². The number of nitrogens with one attached hydrogen (secondary N) is 2. The number of carbonyl (C=O) groups is 1. The van der Waals surface area contributed by atoms with Gasteiger partial charge in [-0.3, -0.25) is 4.79 Å². The van der Waals surface area contributed by atoms with Crippen molar-refractivity contribution >= 4 is 28.9 Å². The smallest absolute Gasteiger partial charge is 0.243 e. The molecule has 0 spiro atoms. The van der Waals surface area contributed by atoms with Gasteiger partial charge in [0.05, 0.1) is 12.6 Å². The van der Waals surface area contributed by atoms with Crippen LogP contribution in [0.25, 0.3) is 0 Å². The number of amides is 1. The summed E-state index contributed by atoms with van der Waals surface area (Å²) in [6, 6.07) is 13.0. The fourth-order valence-electron chi connectivity index (χ4n) is 2.74. The molecule has 1 unspecified atom stereocenters. The van der Waals surface area contributed by atoms with E-state index in [4.69, 9.17) is 21.1 Å². The molecule has 3 rings (SSSR count). The molecule has 1 atom stereocenters. The van der Waals surface area contributed by atoms with Crippen molar-refractivity contribution in [3.8, 4) is 5.75 Å². The first kappa shape index (κ1) is 18.5. The molecule has 2 N–H and O–H groups in total. The van der Waals surface area contributed by atoms with Gasteiger partial charge in [0.15, 0.2) is 0 Å². The molecule has 0 saturated carbocycles. The topological polar surface area (TPSA) is 59.6 Å². The van der Waals surface area contributed by atoms with Gasteiger partial charge in [-0.25, -0.2) is 0 Å². The van der Waals surface area contributed by atoms with Crippen molar-refractivity contribution in [2.24, 2.45) is 0 Å². The number of hydrogen-bond donors (Lipinski definition) is 2. The monoisotopic (exact) mass is 374 g/mol. The average molecular weight is 375 g/mol. The molecule has 0 bridgehead atoms. The molecule has 2 aromatic carbocycles. The summed E-state index contributed by atoms with van der Waals surface area (Å²) >= 11 is 5.97. The molecule has 0 aliphatic carbocycles. The van der Waals surface area contributed by atoms with Gasteiger partial charge in [-0.1, -0.05) is 17.7 Å². The normalized spacial score (nSPS) is 16.3. The van der Waals surface area contributed by atoms with Crippen LogP contribution in [0.3, 0.4) is 0 Å². The summed E-state index contributed by atoms with van der Waals surface area (Å²) in [6.07, 6.45) is 2.36. The Balaban J connectivity index is 1.45. The number of carbonyl (C=O) groups excluding carboxylic acids is 1. The van der Waals surface area contributed by atoms with E-state index in [1.165, 1.54) is 0 Å². The van der Waals surface area contributed by atoms with E-state index in [9.17, 15) is 4.79 Å². The Hall–Kier alpha value is -2.24. The van der Waals surface area contributed by atoms with Crippen LogP contribution >= 0.6 is 11.6 Å². The highest BCUT2D eigenvalue weighted by atomic mass is 35.5. The maximum Gasteiger partial charge on any atom is 0.243 e. The standard InChI is InChI=1S/C20H23ClN2O3/c1-14-4-5-15(21)11-19(14)23-20(24)12-22-16-6-8-17(9-7-16)26-13-18-3-2-10-25-18/h4-9,11,18,22H,2-3,10,12-13H2,1H3,(H,23,24). The van der Waals surface area contributed by atoms with Crippen LogP contribution < -0.4 is 15.4 Å². The third kappa shape index (κ3) is 5.38. The number of anilines is 2. The van der Waals surface area contributed by atoms with Crippen molar-refractivity contribution < 1.29 is 14.3 Å². The van der Waals surface area contributed by atoms with Crippen LogP contribution in [0.15, 0.2) is 42.5 Å². The van der Waals surface area contributed by atoms with Crippen molar-refractivity contribution in [1.82, 2.24) is 0 Å². The van der Waals surface area contributed by atoms with Crippen LogP contribution in [0.2, 0.25) is 5.02 Å². The zero-order valence-electron chi connectivity index (χ0n) is 14.8. The molecule has 5 nitrogen and oxygen atoms in total. The van der Waals surface area contributed by atoms with Crippen LogP contribution in [-0.4, -0.2) is 31.8 Å². The largest absolute Gasteiger partial charge is 0.491 e. The van der Waals surface area contributed by atoms with Crippen LogP contribution in [0.4, 0.5) is 11.4 Å². The summed E-state index contributed by atoms with van der Waals surface area (Å²) in [5.74, 6) is 0.666. The molecule has 0 aromatic heterocycles. The maximum absolute atomic E-state index is 12.1. The van der Waals surface area contributed by atoms with Crippen molar-refractivity contribution in [2.75, 3.05) is 30.4 Å². The Bertz CT molecular complexity index is 743. The number of aryl methyl sites for hydroxylation is 1. The molecule has 1 amide bonds. The summed E-state index contributed by atoms with van der Waals surface area (Å²) in [6.45, 7) is 3.50. The lowest BCUT2D eigenvalue weighted by Crippen LogP contribution is -2.22. The molecule has 26 heavy (non-hydrogen) atoms. The Morgan fingerprint density at radius 3 is 2.81 bits per heavy atom. The van der Waals surface area contributed by atoms with Gasteiger partial charge >= 0.3 is 0 Å². The van der Waals surface area contributed by atoms with E-state index < -0.39 is 0 Å². The fourth-order valence-corrected chi connectivity index (χ4v) is 2.91. The molecule has 1 saturated heterocycles. The van der Waals surface area contributed by atoms with Crippen LogP contribution in [-0.2, 0) is 9.53 Å². The van der Waals surface area contributed by atoms with E-state index >= 15 is 0 Å². The first-order chi connectivity index (χ1) is 12.6. The Kier molecular flexibility index (Phi) is 6.36. The Labute approximate surface area is 158 Å². The van der Waals surface area contributed by atoms with Crippen LogP contribution in [0, 0.1) is 6.92 Å². The number of halogens is 1. The second-order valence-corrected chi connectivity index (χ2v) is 6.77. The highest BCUT2D eigenvalue weighted by Gasteiger charge is 2.15. The average Bonchev–Trinajstić information content (AvgIpc) is 3.16. The van der Waals surface area contributed by atoms with E-state index in [2.05, 4.69) is 10.6 Å². The molecule has 1 aliphatic heterocycles. The number of hydrogen-bond acceptors (Lipinski definition) is 4. The van der Waals surface area contributed by atoms with Gasteiger partial charge < -0.3 is 20.1 Å². The van der Waals surface area contributed by atoms with Crippen molar-refractivity contribution in [3.63, 3.8) is 0 Å². The molecule has 1 heterocycles. The SMILES string of the molecule is Cc1ccc(Cl)cc1NC(=O)CNc1ccc(OCC2CCCO2)cc1. The van der Waals surface area contributed by atoms with Crippen LogP contribution in [0.5, 0.6) is 5.75 Å². The minimum atomic E-state index is -0.130. The van der Waals surface area contributed by atoms with Crippen molar-refractivity contribution in [1.29, 1.82) is 0 Å². The summed E-state index contributed by atoms with van der Waals surface area (Å²) in [4.78, 5) is 12.1. The summed E-state index contributed by atoms with van der Waals surface area (Å²) in [5.41, 5.74) is 2.55. The third-order valence-corrected chi connectivity index (χ3v) is 4.48. The second-order valence-electron chi connectivity index (χ2n) is 6.33. The lowest BCUT2D eigenvalue weighted by molar-refractivity contribution is -0.114. The number of benzene rings is 2. The van der Waals surface area contributed by atoms with Crippen molar-refractivity contribution in [3.05, 3.63) is 53.1 Å².